The van der Waals surface area contributed by atoms with Crippen LogP contribution in [0.3, 0.4) is 0 Å². The fraction of sp³-hybridized carbons (Fsp3) is 0.533. The van der Waals surface area contributed by atoms with Gasteiger partial charge in [0.05, 0.1) is 16.1 Å². The lowest BCUT2D eigenvalue weighted by Crippen LogP contribution is -2.29. The molecule has 2 atom stereocenters. The molecule has 0 bridgehead atoms. The second-order valence-electron chi connectivity index (χ2n) is 4.90. The van der Waals surface area contributed by atoms with Crippen molar-refractivity contribution >= 4 is 15.9 Å². The van der Waals surface area contributed by atoms with E-state index in [9.17, 15) is 4.39 Å². The lowest BCUT2D eigenvalue weighted by molar-refractivity contribution is -0.189. The molecule has 0 N–H and O–H groups in total. The Balaban J connectivity index is 1.87. The average Bonchev–Trinajstić information content (AvgIpc) is 2.50. The molecule has 0 radical (unpaired) electrons. The van der Waals surface area contributed by atoms with Crippen molar-refractivity contribution in [1.29, 1.82) is 5.26 Å². The molecule has 2 rings (SSSR count). The zero-order valence-corrected chi connectivity index (χ0v) is 13.4. The standard InChI is InChI=1S/C15H17BrFNO3/c1-10(21-13-4-2-3-7-19-13)9-20-12-6-5-11(8-18)14(16)15(12)17/h5-6,10,13H,2-4,7,9H2,1H3/t10-,13?/m0/s1. The summed E-state index contributed by atoms with van der Waals surface area (Å²) in [6, 6.07) is 4.86. The highest BCUT2D eigenvalue weighted by Gasteiger charge is 2.18. The topological polar surface area (TPSA) is 51.5 Å². The molecule has 0 saturated carbocycles. The van der Waals surface area contributed by atoms with Gasteiger partial charge in [-0.05, 0) is 54.2 Å². The largest absolute Gasteiger partial charge is 0.488 e. The predicted molar refractivity (Wildman–Crippen MR) is 78.4 cm³/mol. The Labute approximate surface area is 131 Å². The van der Waals surface area contributed by atoms with Gasteiger partial charge in [0.2, 0.25) is 0 Å². The van der Waals surface area contributed by atoms with Gasteiger partial charge in [-0.2, -0.15) is 5.26 Å². The van der Waals surface area contributed by atoms with Crippen LogP contribution in [0.25, 0.3) is 0 Å². The zero-order chi connectivity index (χ0) is 15.2. The summed E-state index contributed by atoms with van der Waals surface area (Å²) in [7, 11) is 0. The fourth-order valence-electron chi connectivity index (χ4n) is 2.05. The second-order valence-corrected chi connectivity index (χ2v) is 5.70. The molecule has 1 saturated heterocycles. The van der Waals surface area contributed by atoms with E-state index >= 15 is 0 Å². The summed E-state index contributed by atoms with van der Waals surface area (Å²) in [4.78, 5) is 0. The molecule has 1 aromatic rings. The lowest BCUT2D eigenvalue weighted by Gasteiger charge is -2.26. The van der Waals surface area contributed by atoms with Gasteiger partial charge < -0.3 is 14.2 Å². The van der Waals surface area contributed by atoms with E-state index in [0.717, 1.165) is 25.9 Å². The highest BCUT2D eigenvalue weighted by molar-refractivity contribution is 9.10. The van der Waals surface area contributed by atoms with Crippen molar-refractivity contribution < 1.29 is 18.6 Å². The molecular formula is C15H17BrFNO3. The van der Waals surface area contributed by atoms with Crippen molar-refractivity contribution in [1.82, 2.24) is 0 Å². The van der Waals surface area contributed by atoms with Crippen LogP contribution >= 0.6 is 15.9 Å². The molecule has 4 nitrogen and oxygen atoms in total. The molecule has 1 aliphatic heterocycles. The Morgan fingerprint density at radius 3 is 3.00 bits per heavy atom. The lowest BCUT2D eigenvalue weighted by atomic mass is 10.2. The maximum Gasteiger partial charge on any atom is 0.180 e. The van der Waals surface area contributed by atoms with Gasteiger partial charge in [0.15, 0.2) is 17.9 Å². The molecule has 1 aliphatic rings. The van der Waals surface area contributed by atoms with Crippen molar-refractivity contribution in [2.24, 2.45) is 0 Å². The van der Waals surface area contributed by atoms with Crippen LogP contribution in [0, 0.1) is 17.1 Å². The van der Waals surface area contributed by atoms with Gasteiger partial charge in [-0.1, -0.05) is 0 Å². The molecule has 114 valence electrons. The molecule has 0 spiro atoms. The van der Waals surface area contributed by atoms with Crippen LogP contribution in [-0.4, -0.2) is 25.6 Å². The minimum Gasteiger partial charge on any atom is -0.488 e. The van der Waals surface area contributed by atoms with Crippen molar-refractivity contribution in [2.45, 2.75) is 38.6 Å². The van der Waals surface area contributed by atoms with Crippen LogP contribution in [0.15, 0.2) is 16.6 Å². The Hall–Kier alpha value is -1.16. The van der Waals surface area contributed by atoms with Gasteiger partial charge in [0.1, 0.15) is 12.7 Å². The summed E-state index contributed by atoms with van der Waals surface area (Å²) < 4.78 is 30.7. The van der Waals surface area contributed by atoms with Gasteiger partial charge in [-0.15, -0.1) is 0 Å². The van der Waals surface area contributed by atoms with Crippen molar-refractivity contribution in [2.75, 3.05) is 13.2 Å². The van der Waals surface area contributed by atoms with Crippen LogP contribution in [0.2, 0.25) is 0 Å². The summed E-state index contributed by atoms with van der Waals surface area (Å²) >= 11 is 3.05. The number of halogens is 2. The monoisotopic (exact) mass is 357 g/mol. The first-order chi connectivity index (χ1) is 10.1. The minimum absolute atomic E-state index is 0.0980. The summed E-state index contributed by atoms with van der Waals surface area (Å²) in [5.74, 6) is -0.476. The van der Waals surface area contributed by atoms with Crippen LogP contribution in [0.1, 0.15) is 31.7 Å². The number of hydrogen-bond acceptors (Lipinski definition) is 4. The first kappa shape index (κ1) is 16.2. The van der Waals surface area contributed by atoms with Gasteiger partial charge in [0.25, 0.3) is 0 Å². The van der Waals surface area contributed by atoms with E-state index in [1.54, 1.807) is 0 Å². The predicted octanol–water partition coefficient (Wildman–Crippen LogP) is 3.77. The van der Waals surface area contributed by atoms with Gasteiger partial charge in [-0.25, -0.2) is 4.39 Å². The third kappa shape index (κ3) is 4.40. The number of ether oxygens (including phenoxy) is 3. The number of nitriles is 1. The van der Waals surface area contributed by atoms with Crippen molar-refractivity contribution in [3.63, 3.8) is 0 Å². The molecule has 6 heteroatoms. The average molecular weight is 358 g/mol. The maximum atomic E-state index is 14.0. The van der Waals surface area contributed by atoms with Crippen LogP contribution in [-0.2, 0) is 9.47 Å². The smallest absolute Gasteiger partial charge is 0.180 e. The number of benzene rings is 1. The number of rotatable bonds is 5. The highest BCUT2D eigenvalue weighted by Crippen LogP contribution is 2.28. The zero-order valence-electron chi connectivity index (χ0n) is 11.8. The Kier molecular flexibility index (Phi) is 5.97. The molecular weight excluding hydrogens is 341 g/mol. The second kappa shape index (κ2) is 7.74. The van der Waals surface area contributed by atoms with E-state index < -0.39 is 5.82 Å². The molecule has 0 aliphatic carbocycles. The molecule has 1 heterocycles. The van der Waals surface area contributed by atoms with Gasteiger partial charge >= 0.3 is 0 Å². The number of nitrogens with zero attached hydrogens (tertiary/aromatic N) is 1. The van der Waals surface area contributed by atoms with E-state index in [1.165, 1.54) is 12.1 Å². The summed E-state index contributed by atoms with van der Waals surface area (Å²) in [6.07, 6.45) is 2.63. The normalized spacial score (nSPS) is 19.8. The molecule has 21 heavy (non-hydrogen) atoms. The molecule has 1 aromatic carbocycles. The van der Waals surface area contributed by atoms with E-state index in [-0.39, 0.29) is 34.8 Å². The first-order valence-corrected chi connectivity index (χ1v) is 7.69. The van der Waals surface area contributed by atoms with Gasteiger partial charge in [0, 0.05) is 6.61 Å². The summed E-state index contributed by atoms with van der Waals surface area (Å²) in [5, 5.41) is 8.81. The number of hydrogen-bond donors (Lipinski definition) is 0. The third-order valence-electron chi connectivity index (χ3n) is 3.16. The minimum atomic E-state index is -0.574. The Morgan fingerprint density at radius 1 is 1.52 bits per heavy atom. The summed E-state index contributed by atoms with van der Waals surface area (Å²) in [5.41, 5.74) is 0.236. The Morgan fingerprint density at radius 2 is 2.33 bits per heavy atom. The van der Waals surface area contributed by atoms with Crippen LogP contribution in [0.5, 0.6) is 5.75 Å². The summed E-state index contributed by atoms with van der Waals surface area (Å²) in [6.45, 7) is 2.79. The van der Waals surface area contributed by atoms with Crippen molar-refractivity contribution in [3.05, 3.63) is 28.0 Å². The molecule has 1 fully saturated rings. The molecule has 0 amide bonds. The van der Waals surface area contributed by atoms with E-state index in [1.807, 2.05) is 13.0 Å². The van der Waals surface area contributed by atoms with Crippen LogP contribution < -0.4 is 4.74 Å². The molecule has 1 unspecified atom stereocenters. The highest BCUT2D eigenvalue weighted by atomic mass is 79.9. The Bertz CT molecular complexity index is 526. The quantitative estimate of drug-likeness (QED) is 0.804. The van der Waals surface area contributed by atoms with E-state index in [2.05, 4.69) is 15.9 Å². The third-order valence-corrected chi connectivity index (χ3v) is 3.94. The fourth-order valence-corrected chi connectivity index (χ4v) is 2.47. The van der Waals surface area contributed by atoms with E-state index in [0.29, 0.717) is 0 Å². The van der Waals surface area contributed by atoms with Crippen molar-refractivity contribution in [3.8, 4) is 11.8 Å². The SMILES string of the molecule is C[C@@H](COc1ccc(C#N)c(Br)c1F)OC1CCCCO1. The van der Waals surface area contributed by atoms with E-state index in [4.69, 9.17) is 19.5 Å². The maximum absolute atomic E-state index is 14.0. The van der Waals surface area contributed by atoms with Gasteiger partial charge in [-0.3, -0.25) is 0 Å². The first-order valence-electron chi connectivity index (χ1n) is 6.89. The van der Waals surface area contributed by atoms with Crippen LogP contribution in [0.4, 0.5) is 4.39 Å². The molecule has 0 aromatic heterocycles.